The number of aliphatic carboxylic acids is 1. The monoisotopic (exact) mass is 366 g/mol. The Hall–Kier alpha value is -2.62. The summed E-state index contributed by atoms with van der Waals surface area (Å²) in [5, 5.41) is 14.0. The topological polar surface area (TPSA) is 69.2 Å². The zero-order valence-corrected chi connectivity index (χ0v) is 16.3. The quantitative estimate of drug-likeness (QED) is 0.779. The molecular formula is C23H28NO3-. The van der Waals surface area contributed by atoms with Crippen molar-refractivity contribution in [3.63, 3.8) is 0 Å². The summed E-state index contributed by atoms with van der Waals surface area (Å²) in [5.41, 5.74) is 3.15. The predicted molar refractivity (Wildman–Crippen MR) is 105 cm³/mol. The molecule has 4 nitrogen and oxygen atoms in total. The molecule has 0 aromatic heterocycles. The van der Waals surface area contributed by atoms with Crippen LogP contribution in [0.4, 0.5) is 0 Å². The fraction of sp³-hybridized carbons (Fsp3) is 0.391. The molecule has 0 aliphatic carbocycles. The molecule has 1 N–H and O–H groups in total. The van der Waals surface area contributed by atoms with Crippen molar-refractivity contribution in [1.29, 1.82) is 0 Å². The molecule has 0 aliphatic rings. The lowest BCUT2D eigenvalue weighted by molar-refractivity contribution is -0.306. The summed E-state index contributed by atoms with van der Waals surface area (Å²) >= 11 is 0. The highest BCUT2D eigenvalue weighted by Gasteiger charge is 2.17. The number of benzene rings is 2. The first kappa shape index (κ1) is 20.7. The summed E-state index contributed by atoms with van der Waals surface area (Å²) in [6.07, 6.45) is 1.66. The van der Waals surface area contributed by atoms with Gasteiger partial charge in [-0.3, -0.25) is 4.79 Å². The van der Waals surface area contributed by atoms with E-state index < -0.39 is 12.0 Å². The van der Waals surface area contributed by atoms with Gasteiger partial charge in [-0.05, 0) is 34.9 Å². The Labute approximate surface area is 161 Å². The van der Waals surface area contributed by atoms with Gasteiger partial charge in [0.15, 0.2) is 0 Å². The Balaban J connectivity index is 1.97. The Bertz CT molecular complexity index is 745. The average molecular weight is 366 g/mol. The summed E-state index contributed by atoms with van der Waals surface area (Å²) in [7, 11) is 0. The molecule has 27 heavy (non-hydrogen) atoms. The smallest absolute Gasteiger partial charge is 0.220 e. The third-order valence-electron chi connectivity index (χ3n) is 4.60. The maximum absolute atomic E-state index is 12.3. The lowest BCUT2D eigenvalue weighted by Gasteiger charge is -2.23. The number of amides is 1. The third kappa shape index (κ3) is 6.89. The van der Waals surface area contributed by atoms with E-state index in [9.17, 15) is 14.7 Å². The molecule has 144 valence electrons. The average Bonchev–Trinajstić information content (AvgIpc) is 2.61. The minimum Gasteiger partial charge on any atom is -0.550 e. The lowest BCUT2D eigenvalue weighted by atomic mass is 9.86. The van der Waals surface area contributed by atoms with Crippen molar-refractivity contribution < 1.29 is 14.7 Å². The summed E-state index contributed by atoms with van der Waals surface area (Å²) in [4.78, 5) is 23.4. The summed E-state index contributed by atoms with van der Waals surface area (Å²) in [6.45, 7) is 6.36. The van der Waals surface area contributed by atoms with Crippen LogP contribution in [0.25, 0.3) is 0 Å². The van der Waals surface area contributed by atoms with Gasteiger partial charge in [0.1, 0.15) is 0 Å². The number of carbonyl (C=O) groups excluding carboxylic acids is 2. The molecule has 1 atom stereocenters. The van der Waals surface area contributed by atoms with E-state index in [0.717, 1.165) is 24.0 Å². The van der Waals surface area contributed by atoms with Crippen LogP contribution in [0.15, 0.2) is 54.6 Å². The zero-order valence-electron chi connectivity index (χ0n) is 16.3. The number of rotatable bonds is 8. The second kappa shape index (κ2) is 9.36. The molecule has 0 unspecified atom stereocenters. The largest absolute Gasteiger partial charge is 0.550 e. The van der Waals surface area contributed by atoms with Crippen LogP contribution in [0.2, 0.25) is 0 Å². The Morgan fingerprint density at radius 3 is 2.19 bits per heavy atom. The molecule has 4 heteroatoms. The van der Waals surface area contributed by atoms with E-state index >= 15 is 0 Å². The fourth-order valence-electron chi connectivity index (χ4n) is 3.00. The van der Waals surface area contributed by atoms with Crippen LogP contribution in [0.5, 0.6) is 0 Å². The molecule has 2 aromatic rings. The van der Waals surface area contributed by atoms with Crippen LogP contribution < -0.4 is 10.4 Å². The number of carboxylic acids is 1. The molecule has 0 spiro atoms. The molecule has 2 aromatic carbocycles. The normalized spacial score (nSPS) is 12.4. The molecule has 0 saturated carbocycles. The molecule has 1 amide bonds. The van der Waals surface area contributed by atoms with Crippen molar-refractivity contribution in [2.45, 2.75) is 57.9 Å². The first-order valence-corrected chi connectivity index (χ1v) is 9.39. The van der Waals surface area contributed by atoms with Crippen LogP contribution >= 0.6 is 0 Å². The Morgan fingerprint density at radius 1 is 1.00 bits per heavy atom. The van der Waals surface area contributed by atoms with E-state index in [4.69, 9.17) is 0 Å². The lowest BCUT2D eigenvalue weighted by Crippen LogP contribution is -2.34. The molecular weight excluding hydrogens is 338 g/mol. The number of carbonyl (C=O) groups is 2. The first-order valence-electron chi connectivity index (χ1n) is 9.39. The highest BCUT2D eigenvalue weighted by atomic mass is 16.4. The van der Waals surface area contributed by atoms with E-state index in [1.165, 1.54) is 5.56 Å². The van der Waals surface area contributed by atoms with E-state index in [1.807, 2.05) is 54.6 Å². The van der Waals surface area contributed by atoms with Crippen LogP contribution in [0.3, 0.4) is 0 Å². The molecule has 0 fully saturated rings. The van der Waals surface area contributed by atoms with Crippen molar-refractivity contribution in [2.24, 2.45) is 0 Å². The van der Waals surface area contributed by atoms with E-state index in [0.29, 0.717) is 6.42 Å². The summed E-state index contributed by atoms with van der Waals surface area (Å²) < 4.78 is 0. The standard InChI is InChI=1S/C23H29NO3/c1-23(2,3)19-14-12-18(13-15-19)20(16-22(26)27)24-21(25)11-7-10-17-8-5-4-6-9-17/h4-6,8-9,12-15,20H,7,10-11,16H2,1-3H3,(H,24,25)(H,26,27)/p-1/t20-/m1/s1. The van der Waals surface area contributed by atoms with Crippen molar-refractivity contribution in [3.8, 4) is 0 Å². The maximum Gasteiger partial charge on any atom is 0.220 e. The van der Waals surface area contributed by atoms with Gasteiger partial charge in [0.05, 0.1) is 6.04 Å². The van der Waals surface area contributed by atoms with Gasteiger partial charge in [-0.1, -0.05) is 75.4 Å². The van der Waals surface area contributed by atoms with Gasteiger partial charge in [-0.25, -0.2) is 0 Å². The SMILES string of the molecule is CC(C)(C)c1ccc([C@@H](CC(=O)[O-])NC(=O)CCCc2ccccc2)cc1. The van der Waals surface area contributed by atoms with Crippen molar-refractivity contribution in [1.82, 2.24) is 5.32 Å². The Kier molecular flexibility index (Phi) is 7.17. The van der Waals surface area contributed by atoms with Crippen LogP contribution in [0, 0.1) is 0 Å². The fourth-order valence-corrected chi connectivity index (χ4v) is 3.00. The molecule has 0 bridgehead atoms. The molecule has 0 heterocycles. The second-order valence-electron chi connectivity index (χ2n) is 7.91. The van der Waals surface area contributed by atoms with Crippen LogP contribution in [-0.2, 0) is 21.4 Å². The second-order valence-corrected chi connectivity index (χ2v) is 7.91. The molecule has 2 rings (SSSR count). The predicted octanol–water partition coefficient (Wildman–Crippen LogP) is 3.30. The molecule has 0 saturated heterocycles. The van der Waals surface area contributed by atoms with Gasteiger partial charge in [-0.15, -0.1) is 0 Å². The van der Waals surface area contributed by atoms with E-state index in [2.05, 4.69) is 26.1 Å². The van der Waals surface area contributed by atoms with Gasteiger partial charge in [0.2, 0.25) is 5.91 Å². The molecule has 0 aliphatic heterocycles. The number of hydrogen-bond donors (Lipinski definition) is 1. The number of carboxylic acid groups (broad SMARTS) is 1. The third-order valence-corrected chi connectivity index (χ3v) is 4.60. The highest BCUT2D eigenvalue weighted by Crippen LogP contribution is 2.25. The Morgan fingerprint density at radius 2 is 1.63 bits per heavy atom. The van der Waals surface area contributed by atoms with Crippen LogP contribution in [-0.4, -0.2) is 11.9 Å². The van der Waals surface area contributed by atoms with Gasteiger partial charge in [0.25, 0.3) is 0 Å². The zero-order chi connectivity index (χ0) is 19.9. The minimum atomic E-state index is -1.18. The summed E-state index contributed by atoms with van der Waals surface area (Å²) in [6, 6.07) is 17.2. The van der Waals surface area contributed by atoms with Crippen molar-refractivity contribution >= 4 is 11.9 Å². The maximum atomic E-state index is 12.3. The van der Waals surface area contributed by atoms with E-state index in [-0.39, 0.29) is 17.7 Å². The van der Waals surface area contributed by atoms with Gasteiger partial charge >= 0.3 is 0 Å². The number of nitrogens with one attached hydrogen (secondary N) is 1. The van der Waals surface area contributed by atoms with Gasteiger partial charge < -0.3 is 15.2 Å². The van der Waals surface area contributed by atoms with Crippen molar-refractivity contribution in [2.75, 3.05) is 0 Å². The highest BCUT2D eigenvalue weighted by molar-refractivity contribution is 5.77. The first-order chi connectivity index (χ1) is 12.8. The van der Waals surface area contributed by atoms with Crippen molar-refractivity contribution in [3.05, 3.63) is 71.3 Å². The number of hydrogen-bond acceptors (Lipinski definition) is 3. The van der Waals surface area contributed by atoms with E-state index in [1.54, 1.807) is 0 Å². The number of aryl methyl sites for hydroxylation is 1. The minimum absolute atomic E-state index is 0.0169. The van der Waals surface area contributed by atoms with Crippen LogP contribution in [0.1, 0.15) is 62.8 Å². The molecule has 0 radical (unpaired) electrons. The van der Waals surface area contributed by atoms with Gasteiger partial charge in [-0.2, -0.15) is 0 Å². The summed E-state index contributed by atoms with van der Waals surface area (Å²) in [5.74, 6) is -1.32. The van der Waals surface area contributed by atoms with Gasteiger partial charge in [0, 0.05) is 18.8 Å².